The molecular weight excluding hydrogens is 274 g/mol. The van der Waals surface area contributed by atoms with Crippen LogP contribution in [-0.4, -0.2) is 26.6 Å². The van der Waals surface area contributed by atoms with E-state index in [1.54, 1.807) is 0 Å². The molecule has 5 heteroatoms. The topological polar surface area (TPSA) is 46.3 Å². The lowest BCUT2D eigenvalue weighted by Crippen LogP contribution is -2.21. The Morgan fingerprint density at radius 1 is 1.14 bits per heavy atom. The summed E-state index contributed by atoms with van der Waals surface area (Å²) in [5.41, 5.74) is 5.15. The summed E-state index contributed by atoms with van der Waals surface area (Å²) in [6.07, 6.45) is 2.97. The van der Waals surface area contributed by atoms with Crippen molar-refractivity contribution in [3.8, 4) is 0 Å². The second-order valence-corrected chi connectivity index (χ2v) is 5.68. The van der Waals surface area contributed by atoms with Crippen molar-refractivity contribution in [3.63, 3.8) is 0 Å². The smallest absolute Gasteiger partial charge is 0.157 e. The molecule has 3 aromatic heterocycles. The van der Waals surface area contributed by atoms with E-state index in [4.69, 9.17) is 0 Å². The van der Waals surface area contributed by atoms with Gasteiger partial charge in [0.2, 0.25) is 0 Å². The molecule has 3 aromatic rings. The molecule has 0 N–H and O–H groups in total. The summed E-state index contributed by atoms with van der Waals surface area (Å²) in [6, 6.07) is 8.29. The van der Waals surface area contributed by atoms with E-state index in [1.807, 2.05) is 30.6 Å². The third kappa shape index (κ3) is 2.79. The van der Waals surface area contributed by atoms with Crippen molar-refractivity contribution < 1.29 is 0 Å². The van der Waals surface area contributed by atoms with Gasteiger partial charge in [-0.3, -0.25) is 4.98 Å². The first-order valence-corrected chi connectivity index (χ1v) is 7.56. The Kier molecular flexibility index (Phi) is 3.79. The van der Waals surface area contributed by atoms with E-state index in [0.29, 0.717) is 0 Å². The first-order valence-electron chi connectivity index (χ1n) is 7.56. The Labute approximate surface area is 130 Å². The molecule has 3 rings (SSSR count). The monoisotopic (exact) mass is 295 g/mol. The molecule has 0 aromatic carbocycles. The van der Waals surface area contributed by atoms with Crippen LogP contribution in [-0.2, 0) is 13.0 Å². The fourth-order valence-corrected chi connectivity index (χ4v) is 2.55. The number of nitrogens with zero attached hydrogens (tertiary/aromatic N) is 5. The second kappa shape index (κ2) is 5.75. The molecule has 0 aliphatic heterocycles. The zero-order valence-corrected chi connectivity index (χ0v) is 13.5. The van der Waals surface area contributed by atoms with Gasteiger partial charge < -0.3 is 4.90 Å². The third-order valence-electron chi connectivity index (χ3n) is 3.74. The number of pyridine rings is 1. The molecule has 22 heavy (non-hydrogen) atoms. The largest absolute Gasteiger partial charge is 0.354 e. The van der Waals surface area contributed by atoms with Gasteiger partial charge in [-0.1, -0.05) is 13.0 Å². The highest BCUT2D eigenvalue weighted by atomic mass is 15.3. The normalized spacial score (nSPS) is 11.1. The minimum atomic E-state index is 0.738. The summed E-state index contributed by atoms with van der Waals surface area (Å²) in [5, 5.41) is 4.54. The average molecular weight is 295 g/mol. The molecule has 0 aliphatic rings. The standard InChI is InChI=1S/C17H21N5/c1-5-14-6-7-15(18-10-14)11-21(4)17-9-12(2)19-16-8-13(3)20-22(16)17/h6-10H,5,11H2,1-4H3. The number of rotatable bonds is 4. The Morgan fingerprint density at radius 2 is 1.95 bits per heavy atom. The number of fused-ring (bicyclic) bond motifs is 1. The van der Waals surface area contributed by atoms with Gasteiger partial charge in [-0.25, -0.2) is 4.98 Å². The highest BCUT2D eigenvalue weighted by Gasteiger charge is 2.11. The van der Waals surface area contributed by atoms with E-state index >= 15 is 0 Å². The van der Waals surface area contributed by atoms with E-state index in [0.717, 1.165) is 41.5 Å². The van der Waals surface area contributed by atoms with E-state index in [1.165, 1.54) is 5.56 Å². The van der Waals surface area contributed by atoms with Crippen LogP contribution in [0.25, 0.3) is 5.65 Å². The van der Waals surface area contributed by atoms with Gasteiger partial charge in [0.15, 0.2) is 5.65 Å². The zero-order chi connectivity index (χ0) is 15.7. The predicted molar refractivity (Wildman–Crippen MR) is 88.2 cm³/mol. The third-order valence-corrected chi connectivity index (χ3v) is 3.74. The molecule has 0 atom stereocenters. The maximum atomic E-state index is 4.54. The average Bonchev–Trinajstić information content (AvgIpc) is 2.87. The minimum Gasteiger partial charge on any atom is -0.354 e. The molecule has 0 bridgehead atoms. The Balaban J connectivity index is 1.92. The van der Waals surface area contributed by atoms with Gasteiger partial charge in [-0.05, 0) is 31.9 Å². The van der Waals surface area contributed by atoms with E-state index < -0.39 is 0 Å². The number of aryl methyl sites for hydroxylation is 3. The fourth-order valence-electron chi connectivity index (χ4n) is 2.55. The lowest BCUT2D eigenvalue weighted by molar-refractivity contribution is 0.806. The van der Waals surface area contributed by atoms with Crippen LogP contribution in [0.1, 0.15) is 29.6 Å². The quantitative estimate of drug-likeness (QED) is 0.742. The Bertz CT molecular complexity index is 789. The molecule has 0 spiro atoms. The number of hydrogen-bond acceptors (Lipinski definition) is 4. The van der Waals surface area contributed by atoms with Crippen LogP contribution in [0.3, 0.4) is 0 Å². The van der Waals surface area contributed by atoms with Gasteiger partial charge in [0, 0.05) is 31.1 Å². The van der Waals surface area contributed by atoms with Crippen LogP contribution < -0.4 is 4.90 Å². The molecule has 0 saturated heterocycles. The Morgan fingerprint density at radius 3 is 2.64 bits per heavy atom. The molecule has 0 saturated carbocycles. The summed E-state index contributed by atoms with van der Waals surface area (Å²) in [7, 11) is 2.06. The summed E-state index contributed by atoms with van der Waals surface area (Å²) in [4.78, 5) is 11.2. The number of hydrogen-bond donors (Lipinski definition) is 0. The van der Waals surface area contributed by atoms with Crippen molar-refractivity contribution in [2.45, 2.75) is 33.7 Å². The lowest BCUT2D eigenvalue weighted by atomic mass is 10.2. The molecule has 0 fully saturated rings. The van der Waals surface area contributed by atoms with Crippen molar-refractivity contribution in [1.82, 2.24) is 19.6 Å². The molecule has 5 nitrogen and oxygen atoms in total. The molecule has 114 valence electrons. The molecule has 0 unspecified atom stereocenters. The fraction of sp³-hybridized carbons (Fsp3) is 0.353. The second-order valence-electron chi connectivity index (χ2n) is 5.68. The summed E-state index contributed by atoms with van der Waals surface area (Å²) < 4.78 is 1.89. The molecule has 3 heterocycles. The van der Waals surface area contributed by atoms with Gasteiger partial charge in [-0.15, -0.1) is 0 Å². The first-order chi connectivity index (χ1) is 10.6. The summed E-state index contributed by atoms with van der Waals surface area (Å²) >= 11 is 0. The SMILES string of the molecule is CCc1ccc(CN(C)c2cc(C)nc3cc(C)nn23)nc1. The highest BCUT2D eigenvalue weighted by molar-refractivity contribution is 5.51. The van der Waals surface area contributed by atoms with Crippen LogP contribution >= 0.6 is 0 Å². The van der Waals surface area contributed by atoms with Gasteiger partial charge >= 0.3 is 0 Å². The van der Waals surface area contributed by atoms with E-state index in [-0.39, 0.29) is 0 Å². The van der Waals surface area contributed by atoms with Gasteiger partial charge in [0.05, 0.1) is 17.9 Å². The van der Waals surface area contributed by atoms with Crippen molar-refractivity contribution in [2.24, 2.45) is 0 Å². The molecular formula is C17H21N5. The van der Waals surface area contributed by atoms with Gasteiger partial charge in [0.1, 0.15) is 5.82 Å². The first kappa shape index (κ1) is 14.5. The van der Waals surface area contributed by atoms with Crippen molar-refractivity contribution in [1.29, 1.82) is 0 Å². The molecule has 0 amide bonds. The van der Waals surface area contributed by atoms with Gasteiger partial charge in [-0.2, -0.15) is 9.61 Å². The van der Waals surface area contributed by atoms with E-state index in [9.17, 15) is 0 Å². The minimum absolute atomic E-state index is 0.738. The van der Waals surface area contributed by atoms with Crippen molar-refractivity contribution in [3.05, 3.63) is 53.1 Å². The van der Waals surface area contributed by atoms with Crippen LogP contribution in [0.2, 0.25) is 0 Å². The molecule has 0 aliphatic carbocycles. The summed E-state index contributed by atoms with van der Waals surface area (Å²) in [6.45, 7) is 6.87. The maximum Gasteiger partial charge on any atom is 0.157 e. The maximum absolute atomic E-state index is 4.54. The van der Waals surface area contributed by atoms with E-state index in [2.05, 4.69) is 52.1 Å². The van der Waals surface area contributed by atoms with Gasteiger partial charge in [0.25, 0.3) is 0 Å². The van der Waals surface area contributed by atoms with Crippen LogP contribution in [0.5, 0.6) is 0 Å². The van der Waals surface area contributed by atoms with Crippen LogP contribution in [0.4, 0.5) is 5.82 Å². The van der Waals surface area contributed by atoms with Crippen LogP contribution in [0, 0.1) is 13.8 Å². The van der Waals surface area contributed by atoms with Crippen molar-refractivity contribution in [2.75, 3.05) is 11.9 Å². The zero-order valence-electron chi connectivity index (χ0n) is 13.5. The van der Waals surface area contributed by atoms with Crippen LogP contribution in [0.15, 0.2) is 30.5 Å². The highest BCUT2D eigenvalue weighted by Crippen LogP contribution is 2.18. The predicted octanol–water partition coefficient (Wildman–Crippen LogP) is 2.94. The molecule has 0 radical (unpaired) electrons. The Hall–Kier alpha value is -2.43. The summed E-state index contributed by atoms with van der Waals surface area (Å²) in [5.74, 6) is 1.02. The number of aromatic nitrogens is 4. The van der Waals surface area contributed by atoms with Crippen molar-refractivity contribution >= 4 is 11.5 Å². The lowest BCUT2D eigenvalue weighted by Gasteiger charge is -2.20. The number of anilines is 1.